The molecule has 3 atom stereocenters. The van der Waals surface area contributed by atoms with Gasteiger partial charge >= 0.3 is 0 Å². The average molecular weight is 402 g/mol. The number of hydrogen-bond donors (Lipinski definition) is 1. The fourth-order valence-electron chi connectivity index (χ4n) is 4.65. The Hall–Kier alpha value is -2.02. The molecular formula is C22H35N5O2. The number of aromatic nitrogens is 2. The monoisotopic (exact) mass is 401 g/mol. The van der Waals surface area contributed by atoms with Gasteiger partial charge in [-0.25, -0.2) is 4.98 Å². The highest BCUT2D eigenvalue weighted by Gasteiger charge is 2.32. The van der Waals surface area contributed by atoms with Crippen LogP contribution in [0.25, 0.3) is 0 Å². The van der Waals surface area contributed by atoms with Gasteiger partial charge in [0, 0.05) is 31.6 Å². The minimum atomic E-state index is -0.0550. The van der Waals surface area contributed by atoms with Crippen molar-refractivity contribution >= 4 is 11.8 Å². The first-order valence-corrected chi connectivity index (χ1v) is 10.8. The average Bonchev–Trinajstić information content (AvgIpc) is 2.64. The molecule has 0 saturated carbocycles. The molecule has 160 valence electrons. The minimum absolute atomic E-state index is 0.0550. The van der Waals surface area contributed by atoms with Gasteiger partial charge in [0.1, 0.15) is 5.69 Å². The summed E-state index contributed by atoms with van der Waals surface area (Å²) >= 11 is 0. The van der Waals surface area contributed by atoms with Gasteiger partial charge in [0.15, 0.2) is 0 Å². The van der Waals surface area contributed by atoms with E-state index < -0.39 is 0 Å². The van der Waals surface area contributed by atoms with E-state index in [1.807, 2.05) is 25.7 Å². The van der Waals surface area contributed by atoms with E-state index in [0.29, 0.717) is 30.3 Å². The molecule has 2 saturated heterocycles. The molecule has 0 spiro atoms. The maximum Gasteiger partial charge on any atom is 0.274 e. The summed E-state index contributed by atoms with van der Waals surface area (Å²) in [6.07, 6.45) is 4.47. The smallest absolute Gasteiger partial charge is 0.274 e. The highest BCUT2D eigenvalue weighted by Crippen LogP contribution is 2.22. The normalized spacial score (nSPS) is 25.7. The lowest BCUT2D eigenvalue weighted by Crippen LogP contribution is -2.51. The molecule has 1 N–H and O–H groups in total. The minimum Gasteiger partial charge on any atom is -0.353 e. The molecule has 2 amide bonds. The first kappa shape index (κ1) is 21.7. The molecule has 29 heavy (non-hydrogen) atoms. The van der Waals surface area contributed by atoms with Gasteiger partial charge in [-0.1, -0.05) is 0 Å². The quantitative estimate of drug-likeness (QED) is 0.837. The number of nitrogens with zero attached hydrogens (tertiary/aromatic N) is 4. The van der Waals surface area contributed by atoms with Gasteiger partial charge in [-0.05, 0) is 72.9 Å². The summed E-state index contributed by atoms with van der Waals surface area (Å²) in [5.74, 6) is 0.554. The molecule has 0 bridgehead atoms. The van der Waals surface area contributed by atoms with Gasteiger partial charge in [0.05, 0.1) is 17.1 Å². The van der Waals surface area contributed by atoms with Gasteiger partial charge in [0.2, 0.25) is 5.91 Å². The first-order chi connectivity index (χ1) is 13.7. The van der Waals surface area contributed by atoms with Gasteiger partial charge in [0.25, 0.3) is 5.91 Å². The van der Waals surface area contributed by atoms with Crippen molar-refractivity contribution in [3.8, 4) is 0 Å². The highest BCUT2D eigenvalue weighted by molar-refractivity contribution is 5.93. The van der Waals surface area contributed by atoms with E-state index in [2.05, 4.69) is 34.2 Å². The Bertz CT molecular complexity index is 766. The van der Waals surface area contributed by atoms with Crippen molar-refractivity contribution in [2.75, 3.05) is 26.7 Å². The number of hydrogen-bond acceptors (Lipinski definition) is 5. The Kier molecular flexibility index (Phi) is 6.88. The molecule has 7 heteroatoms. The number of rotatable bonds is 4. The Labute approximate surface area is 174 Å². The van der Waals surface area contributed by atoms with Crippen molar-refractivity contribution in [3.05, 3.63) is 22.8 Å². The zero-order valence-electron chi connectivity index (χ0n) is 18.5. The summed E-state index contributed by atoms with van der Waals surface area (Å²) in [6, 6.07) is 0.194. The summed E-state index contributed by atoms with van der Waals surface area (Å²) in [5.41, 5.74) is 2.78. The Morgan fingerprint density at radius 1 is 1.07 bits per heavy atom. The molecule has 0 radical (unpaired) electrons. The zero-order chi connectivity index (χ0) is 21.1. The lowest BCUT2D eigenvalue weighted by Gasteiger charge is -2.38. The fraction of sp³-hybridized carbons (Fsp3) is 0.727. The van der Waals surface area contributed by atoms with Crippen LogP contribution < -0.4 is 5.32 Å². The molecule has 0 aliphatic carbocycles. The van der Waals surface area contributed by atoms with Crippen LogP contribution in [-0.2, 0) is 4.79 Å². The van der Waals surface area contributed by atoms with Crippen LogP contribution >= 0.6 is 0 Å². The molecule has 1 aromatic rings. The second-order valence-corrected chi connectivity index (χ2v) is 8.94. The van der Waals surface area contributed by atoms with E-state index in [-0.39, 0.29) is 23.9 Å². The summed E-state index contributed by atoms with van der Waals surface area (Å²) in [6.45, 7) is 10.5. The summed E-state index contributed by atoms with van der Waals surface area (Å²) < 4.78 is 0. The molecule has 1 aromatic heterocycles. The first-order valence-electron chi connectivity index (χ1n) is 10.8. The number of carbonyl (C=O) groups excluding carboxylic acids is 2. The van der Waals surface area contributed by atoms with Crippen LogP contribution in [0.1, 0.15) is 66.6 Å². The van der Waals surface area contributed by atoms with E-state index >= 15 is 0 Å². The Morgan fingerprint density at radius 2 is 1.79 bits per heavy atom. The highest BCUT2D eigenvalue weighted by atomic mass is 16.2. The molecule has 2 fully saturated rings. The lowest BCUT2D eigenvalue weighted by molar-refractivity contribution is -0.123. The maximum absolute atomic E-state index is 13.0. The van der Waals surface area contributed by atoms with E-state index in [1.165, 1.54) is 6.42 Å². The fourth-order valence-corrected chi connectivity index (χ4v) is 4.65. The van der Waals surface area contributed by atoms with Gasteiger partial charge < -0.3 is 15.1 Å². The van der Waals surface area contributed by atoms with Crippen LogP contribution in [0.5, 0.6) is 0 Å². The Balaban J connectivity index is 1.54. The van der Waals surface area contributed by atoms with Crippen LogP contribution in [0.4, 0.5) is 0 Å². The van der Waals surface area contributed by atoms with Crippen molar-refractivity contribution in [3.63, 3.8) is 0 Å². The van der Waals surface area contributed by atoms with Crippen molar-refractivity contribution in [2.24, 2.45) is 5.92 Å². The number of amides is 2. The van der Waals surface area contributed by atoms with E-state index in [9.17, 15) is 9.59 Å². The largest absolute Gasteiger partial charge is 0.353 e. The van der Waals surface area contributed by atoms with Gasteiger partial charge in [-0.3, -0.25) is 14.6 Å². The van der Waals surface area contributed by atoms with E-state index in [4.69, 9.17) is 0 Å². The van der Waals surface area contributed by atoms with Crippen LogP contribution in [0.3, 0.4) is 0 Å². The molecule has 1 unspecified atom stereocenters. The zero-order valence-corrected chi connectivity index (χ0v) is 18.5. The van der Waals surface area contributed by atoms with Crippen LogP contribution in [0.15, 0.2) is 0 Å². The van der Waals surface area contributed by atoms with Crippen molar-refractivity contribution in [1.82, 2.24) is 25.1 Å². The molecule has 2 aliphatic rings. The summed E-state index contributed by atoms with van der Waals surface area (Å²) in [7, 11) is 2.13. The van der Waals surface area contributed by atoms with Crippen molar-refractivity contribution in [1.29, 1.82) is 0 Å². The molecule has 3 rings (SSSR count). The van der Waals surface area contributed by atoms with Crippen LogP contribution in [-0.4, -0.2) is 70.3 Å². The molecule has 7 nitrogen and oxygen atoms in total. The topological polar surface area (TPSA) is 78.4 Å². The van der Waals surface area contributed by atoms with Crippen molar-refractivity contribution < 1.29 is 9.59 Å². The van der Waals surface area contributed by atoms with Crippen LogP contribution in [0, 0.1) is 26.7 Å². The number of nitrogens with one attached hydrogen (secondary N) is 1. The third-order valence-electron chi connectivity index (χ3n) is 6.38. The predicted molar refractivity (Wildman–Crippen MR) is 113 cm³/mol. The predicted octanol–water partition coefficient (Wildman–Crippen LogP) is 2.24. The third kappa shape index (κ3) is 5.32. The number of piperidine rings is 2. The summed E-state index contributed by atoms with van der Waals surface area (Å²) in [4.78, 5) is 38.7. The number of likely N-dealkylation sites (tertiary alicyclic amines) is 2. The molecular weight excluding hydrogens is 366 g/mol. The second-order valence-electron chi connectivity index (χ2n) is 8.94. The van der Waals surface area contributed by atoms with Gasteiger partial charge in [-0.2, -0.15) is 0 Å². The van der Waals surface area contributed by atoms with E-state index in [1.54, 1.807) is 0 Å². The number of aryl methyl sites for hydroxylation is 3. The standard InChI is InChI=1S/C22H35N5O2/c1-14-11-19(25-20(28)12-18-7-6-9-26(5)13-18)8-10-27(14)22(29)21-17(4)23-15(2)16(3)24-21/h14,18-19H,6-13H2,1-5H3,(H,25,28)/t14-,18?,19+/m1/s1. The SMILES string of the molecule is Cc1nc(C)c(C(=O)N2CC[C@H](NC(=O)CC3CCCN(C)C3)C[C@H]2C)nc1C. The van der Waals surface area contributed by atoms with Gasteiger partial charge in [-0.15, -0.1) is 0 Å². The molecule has 3 heterocycles. The lowest BCUT2D eigenvalue weighted by atomic mass is 9.93. The number of carbonyl (C=O) groups is 2. The second kappa shape index (κ2) is 9.20. The molecule has 2 aliphatic heterocycles. The van der Waals surface area contributed by atoms with Crippen LogP contribution in [0.2, 0.25) is 0 Å². The maximum atomic E-state index is 13.0. The Morgan fingerprint density at radius 3 is 2.48 bits per heavy atom. The van der Waals surface area contributed by atoms with Crippen molar-refractivity contribution in [2.45, 2.75) is 71.9 Å². The summed E-state index contributed by atoms with van der Waals surface area (Å²) in [5, 5.41) is 3.22. The van der Waals surface area contributed by atoms with E-state index in [0.717, 1.165) is 43.7 Å². The molecule has 0 aromatic carbocycles. The third-order valence-corrected chi connectivity index (χ3v) is 6.38.